The molecule has 2 rings (SSSR count). The van der Waals surface area contributed by atoms with Crippen molar-refractivity contribution in [1.82, 2.24) is 20.5 Å². The molecule has 7 heteroatoms. The molecule has 2 aromatic rings. The van der Waals surface area contributed by atoms with E-state index in [1.807, 2.05) is 12.1 Å². The topological polar surface area (TPSA) is 61.8 Å². The van der Waals surface area contributed by atoms with Crippen molar-refractivity contribution in [2.75, 3.05) is 27.7 Å². The van der Waals surface area contributed by atoms with E-state index in [1.165, 1.54) is 5.56 Å². The lowest BCUT2D eigenvalue weighted by Gasteiger charge is -2.25. The number of rotatable bonds is 9. The van der Waals surface area contributed by atoms with E-state index in [1.54, 1.807) is 20.4 Å². The van der Waals surface area contributed by atoms with Crippen LogP contribution in [0.4, 0.5) is 0 Å². The van der Waals surface area contributed by atoms with Crippen LogP contribution >= 0.6 is 24.0 Å². The third-order valence-corrected chi connectivity index (χ3v) is 4.57. The summed E-state index contributed by atoms with van der Waals surface area (Å²) in [7, 11) is 5.57. The number of methoxy groups -OCH3 is 1. The number of ether oxygens (including phenoxy) is 1. The normalized spacial score (nSPS) is 12.2. The number of benzene rings is 1. The van der Waals surface area contributed by atoms with Gasteiger partial charge in [-0.2, -0.15) is 0 Å². The average molecular weight is 497 g/mol. The SMILES string of the molecule is CN=C(NCCC(C)N(C)Cc1ccccc1)NCc1ccc(OC)nc1.I. The monoisotopic (exact) mass is 497 g/mol. The molecule has 1 aromatic carbocycles. The average Bonchev–Trinajstić information content (AvgIpc) is 2.71. The molecule has 154 valence electrons. The van der Waals surface area contributed by atoms with Crippen molar-refractivity contribution in [3.05, 3.63) is 59.8 Å². The Labute approximate surface area is 185 Å². The summed E-state index contributed by atoms with van der Waals surface area (Å²) in [5, 5.41) is 6.69. The number of pyridine rings is 1. The van der Waals surface area contributed by atoms with Gasteiger partial charge in [-0.15, -0.1) is 24.0 Å². The van der Waals surface area contributed by atoms with Gasteiger partial charge < -0.3 is 15.4 Å². The van der Waals surface area contributed by atoms with Gasteiger partial charge in [0.05, 0.1) is 7.11 Å². The molecular formula is C21H32IN5O. The number of aliphatic imine (C=N–C) groups is 1. The highest BCUT2D eigenvalue weighted by atomic mass is 127. The van der Waals surface area contributed by atoms with Crippen LogP contribution in [-0.2, 0) is 13.1 Å². The van der Waals surface area contributed by atoms with Crippen LogP contribution < -0.4 is 15.4 Å². The first-order valence-electron chi connectivity index (χ1n) is 9.30. The summed E-state index contributed by atoms with van der Waals surface area (Å²) >= 11 is 0. The zero-order valence-electron chi connectivity index (χ0n) is 17.2. The Balaban J connectivity index is 0.00000392. The molecule has 1 heterocycles. The Hall–Kier alpha value is -1.87. The Morgan fingerprint density at radius 1 is 1.14 bits per heavy atom. The highest BCUT2D eigenvalue weighted by Crippen LogP contribution is 2.08. The molecule has 0 bridgehead atoms. The molecule has 2 N–H and O–H groups in total. The van der Waals surface area contributed by atoms with E-state index in [-0.39, 0.29) is 24.0 Å². The van der Waals surface area contributed by atoms with Gasteiger partial charge in [-0.1, -0.05) is 36.4 Å². The van der Waals surface area contributed by atoms with E-state index >= 15 is 0 Å². The largest absolute Gasteiger partial charge is 0.481 e. The van der Waals surface area contributed by atoms with Crippen molar-refractivity contribution in [2.24, 2.45) is 4.99 Å². The molecule has 0 aliphatic carbocycles. The maximum Gasteiger partial charge on any atom is 0.212 e. The predicted octanol–water partition coefficient (Wildman–Crippen LogP) is 3.28. The third-order valence-electron chi connectivity index (χ3n) is 4.57. The van der Waals surface area contributed by atoms with E-state index in [0.29, 0.717) is 18.5 Å². The quantitative estimate of drug-likeness (QED) is 0.317. The van der Waals surface area contributed by atoms with Gasteiger partial charge in [-0.05, 0) is 31.5 Å². The Morgan fingerprint density at radius 3 is 2.50 bits per heavy atom. The molecule has 0 saturated heterocycles. The molecule has 0 saturated carbocycles. The molecule has 6 nitrogen and oxygen atoms in total. The molecule has 0 aliphatic rings. The standard InChI is InChI=1S/C21H31N5O.HI/c1-17(26(3)16-18-8-6-5-7-9-18)12-13-23-21(22-2)25-15-19-10-11-20(27-4)24-14-19;/h5-11,14,17H,12-13,15-16H2,1-4H3,(H2,22,23,25);1H. The second-order valence-electron chi connectivity index (χ2n) is 6.60. The molecule has 1 atom stereocenters. The number of halogens is 1. The summed E-state index contributed by atoms with van der Waals surface area (Å²) in [6, 6.07) is 14.9. The number of hydrogen-bond donors (Lipinski definition) is 2. The summed E-state index contributed by atoms with van der Waals surface area (Å²) in [5.74, 6) is 1.42. The smallest absolute Gasteiger partial charge is 0.212 e. The molecule has 0 radical (unpaired) electrons. The van der Waals surface area contributed by atoms with Gasteiger partial charge in [0.1, 0.15) is 0 Å². The van der Waals surface area contributed by atoms with Crippen LogP contribution in [0, 0.1) is 0 Å². The Bertz CT molecular complexity index is 694. The van der Waals surface area contributed by atoms with Gasteiger partial charge in [0.2, 0.25) is 5.88 Å². The first kappa shape index (κ1) is 24.2. The summed E-state index contributed by atoms with van der Waals surface area (Å²) in [4.78, 5) is 10.9. The van der Waals surface area contributed by atoms with Crippen molar-refractivity contribution in [3.8, 4) is 5.88 Å². The lowest BCUT2D eigenvalue weighted by molar-refractivity contribution is 0.238. The predicted molar refractivity (Wildman–Crippen MR) is 126 cm³/mol. The summed E-state index contributed by atoms with van der Waals surface area (Å²) in [6.45, 7) is 4.74. The van der Waals surface area contributed by atoms with Gasteiger partial charge in [-0.3, -0.25) is 9.89 Å². The van der Waals surface area contributed by atoms with E-state index in [2.05, 4.69) is 69.8 Å². The van der Waals surface area contributed by atoms with E-state index in [4.69, 9.17) is 4.74 Å². The van der Waals surface area contributed by atoms with Gasteiger partial charge in [0, 0.05) is 45.0 Å². The molecule has 0 fully saturated rings. The minimum Gasteiger partial charge on any atom is -0.481 e. The summed E-state index contributed by atoms with van der Waals surface area (Å²) < 4.78 is 5.08. The lowest BCUT2D eigenvalue weighted by atomic mass is 10.1. The van der Waals surface area contributed by atoms with Crippen molar-refractivity contribution in [3.63, 3.8) is 0 Å². The summed E-state index contributed by atoms with van der Waals surface area (Å²) in [5.41, 5.74) is 2.42. The number of nitrogens with zero attached hydrogens (tertiary/aromatic N) is 3. The van der Waals surface area contributed by atoms with Crippen LogP contribution in [0.15, 0.2) is 53.7 Å². The maximum absolute atomic E-state index is 5.08. The molecule has 0 aliphatic heterocycles. The van der Waals surface area contributed by atoms with E-state index in [0.717, 1.165) is 31.0 Å². The first-order valence-corrected chi connectivity index (χ1v) is 9.30. The molecular weight excluding hydrogens is 465 g/mol. The van der Waals surface area contributed by atoms with Crippen molar-refractivity contribution >= 4 is 29.9 Å². The number of nitrogens with one attached hydrogen (secondary N) is 2. The zero-order valence-corrected chi connectivity index (χ0v) is 19.5. The minimum atomic E-state index is 0. The molecule has 1 aromatic heterocycles. The minimum absolute atomic E-state index is 0. The van der Waals surface area contributed by atoms with Crippen LogP contribution in [0.25, 0.3) is 0 Å². The molecule has 0 amide bonds. The number of guanidine groups is 1. The number of aromatic nitrogens is 1. The van der Waals surface area contributed by atoms with Crippen molar-refractivity contribution in [2.45, 2.75) is 32.5 Å². The van der Waals surface area contributed by atoms with Crippen LogP contribution in [0.2, 0.25) is 0 Å². The molecule has 1 unspecified atom stereocenters. The fraction of sp³-hybridized carbons (Fsp3) is 0.429. The first-order chi connectivity index (χ1) is 13.1. The highest BCUT2D eigenvalue weighted by Gasteiger charge is 2.09. The van der Waals surface area contributed by atoms with Crippen molar-refractivity contribution < 1.29 is 4.74 Å². The summed E-state index contributed by atoms with van der Waals surface area (Å²) in [6.07, 6.45) is 2.84. The van der Waals surface area contributed by atoms with Crippen LogP contribution in [0.5, 0.6) is 5.88 Å². The zero-order chi connectivity index (χ0) is 19.5. The van der Waals surface area contributed by atoms with Gasteiger partial charge in [0.15, 0.2) is 5.96 Å². The van der Waals surface area contributed by atoms with Gasteiger partial charge >= 0.3 is 0 Å². The van der Waals surface area contributed by atoms with Crippen LogP contribution in [0.3, 0.4) is 0 Å². The van der Waals surface area contributed by atoms with Gasteiger partial charge in [0.25, 0.3) is 0 Å². The molecule has 0 spiro atoms. The van der Waals surface area contributed by atoms with E-state index < -0.39 is 0 Å². The Morgan fingerprint density at radius 2 is 1.89 bits per heavy atom. The van der Waals surface area contributed by atoms with Crippen molar-refractivity contribution in [1.29, 1.82) is 0 Å². The fourth-order valence-corrected chi connectivity index (χ4v) is 2.69. The van der Waals surface area contributed by atoms with Gasteiger partial charge in [-0.25, -0.2) is 4.98 Å². The lowest BCUT2D eigenvalue weighted by Crippen LogP contribution is -2.39. The highest BCUT2D eigenvalue weighted by molar-refractivity contribution is 14.0. The number of hydrogen-bond acceptors (Lipinski definition) is 4. The second-order valence-corrected chi connectivity index (χ2v) is 6.60. The Kier molecular flexibility index (Phi) is 11.5. The second kappa shape index (κ2) is 13.3. The molecule has 28 heavy (non-hydrogen) atoms. The van der Waals surface area contributed by atoms with Crippen LogP contribution in [-0.4, -0.2) is 49.6 Å². The van der Waals surface area contributed by atoms with Crippen LogP contribution in [0.1, 0.15) is 24.5 Å². The fourth-order valence-electron chi connectivity index (χ4n) is 2.69. The van der Waals surface area contributed by atoms with E-state index in [9.17, 15) is 0 Å². The third kappa shape index (κ3) is 8.43. The maximum atomic E-state index is 5.08.